The van der Waals surface area contributed by atoms with Crippen LogP contribution in [-0.2, 0) is 6.54 Å². The normalized spacial score (nSPS) is 11.0. The maximum Gasteiger partial charge on any atom is 0.228 e. The van der Waals surface area contributed by atoms with Crippen LogP contribution in [0.2, 0.25) is 10.0 Å². The lowest BCUT2D eigenvalue weighted by atomic mass is 10.1. The number of aromatic nitrogens is 5. The molecule has 0 radical (unpaired) electrons. The number of anilines is 2. The lowest BCUT2D eigenvalue weighted by molar-refractivity contribution is 1.02. The maximum atomic E-state index is 6.20. The second-order valence-electron chi connectivity index (χ2n) is 5.58. The van der Waals surface area contributed by atoms with Crippen molar-refractivity contribution in [2.45, 2.75) is 6.54 Å². The third-order valence-electron chi connectivity index (χ3n) is 3.82. The zero-order chi connectivity index (χ0) is 18.1. The molecule has 0 aliphatic carbocycles. The van der Waals surface area contributed by atoms with Gasteiger partial charge in [0, 0.05) is 17.5 Å². The second-order valence-corrected chi connectivity index (χ2v) is 6.36. The fourth-order valence-corrected chi connectivity index (χ4v) is 2.92. The molecule has 4 N–H and O–H groups in total. The first kappa shape index (κ1) is 16.6. The molecule has 7 nitrogen and oxygen atoms in total. The van der Waals surface area contributed by atoms with Crippen LogP contribution in [0.3, 0.4) is 0 Å². The molecule has 130 valence electrons. The van der Waals surface area contributed by atoms with E-state index in [0.717, 1.165) is 22.0 Å². The van der Waals surface area contributed by atoms with Gasteiger partial charge in [0.25, 0.3) is 0 Å². The molecule has 2 aromatic heterocycles. The van der Waals surface area contributed by atoms with Crippen LogP contribution in [0.1, 0.15) is 5.56 Å². The quantitative estimate of drug-likeness (QED) is 0.491. The highest BCUT2D eigenvalue weighted by Gasteiger charge is 2.10. The highest BCUT2D eigenvalue weighted by atomic mass is 35.5. The van der Waals surface area contributed by atoms with Crippen LogP contribution in [-0.4, -0.2) is 25.1 Å². The number of aromatic amines is 1. The lowest BCUT2D eigenvalue weighted by Gasteiger charge is -2.09. The molecule has 2 aromatic carbocycles. The van der Waals surface area contributed by atoms with E-state index in [1.54, 1.807) is 12.3 Å². The highest BCUT2D eigenvalue weighted by molar-refractivity contribution is 6.42. The molecule has 0 unspecified atom stereocenters. The lowest BCUT2D eigenvalue weighted by Crippen LogP contribution is -2.08. The Balaban J connectivity index is 1.62. The maximum absolute atomic E-state index is 6.20. The van der Waals surface area contributed by atoms with Crippen molar-refractivity contribution in [2.24, 2.45) is 0 Å². The van der Waals surface area contributed by atoms with Crippen molar-refractivity contribution < 1.29 is 0 Å². The smallest absolute Gasteiger partial charge is 0.228 e. The Morgan fingerprint density at radius 1 is 1.08 bits per heavy atom. The molecule has 2 heterocycles. The summed E-state index contributed by atoms with van der Waals surface area (Å²) in [5.74, 6) is 0.946. The van der Waals surface area contributed by atoms with E-state index in [4.69, 9.17) is 28.9 Å². The van der Waals surface area contributed by atoms with E-state index in [9.17, 15) is 0 Å². The van der Waals surface area contributed by atoms with E-state index in [0.29, 0.717) is 28.4 Å². The monoisotopic (exact) mass is 385 g/mol. The molecule has 4 rings (SSSR count). The van der Waals surface area contributed by atoms with Crippen LogP contribution in [0.25, 0.3) is 22.3 Å². The molecule has 4 aromatic rings. The van der Waals surface area contributed by atoms with Gasteiger partial charge in [-0.25, -0.2) is 0 Å². The fraction of sp³-hybridized carbons (Fsp3) is 0.0588. The van der Waals surface area contributed by atoms with Gasteiger partial charge in [0.1, 0.15) is 0 Å². The van der Waals surface area contributed by atoms with Gasteiger partial charge in [0.05, 0.1) is 21.8 Å². The first-order chi connectivity index (χ1) is 12.6. The number of fused-ring (bicyclic) bond motifs is 1. The summed E-state index contributed by atoms with van der Waals surface area (Å²) >= 11 is 12.2. The van der Waals surface area contributed by atoms with Crippen LogP contribution in [0, 0.1) is 0 Å². The van der Waals surface area contributed by atoms with Gasteiger partial charge in [0.2, 0.25) is 11.9 Å². The van der Waals surface area contributed by atoms with Gasteiger partial charge in [-0.15, -0.1) is 0 Å². The van der Waals surface area contributed by atoms with Gasteiger partial charge in [0.15, 0.2) is 5.82 Å². The Labute approximate surface area is 158 Å². The minimum absolute atomic E-state index is 0.124. The van der Waals surface area contributed by atoms with Gasteiger partial charge < -0.3 is 11.1 Å². The average molecular weight is 386 g/mol. The number of hydrogen-bond donors (Lipinski definition) is 3. The predicted octanol–water partition coefficient (Wildman–Crippen LogP) is 3.92. The standard InChI is InChI=1S/C17H13Cl2N7/c18-12-3-1-2-11(14(12)19)7-21-17-24-15(23-16(20)25-17)9-4-5-10-8-22-26-13(10)6-9/h1-6,8H,7H2,(H,22,26)(H3,20,21,23,24,25). The van der Waals surface area contributed by atoms with Crippen molar-refractivity contribution in [1.82, 2.24) is 25.1 Å². The Bertz CT molecular complexity index is 1090. The van der Waals surface area contributed by atoms with Crippen molar-refractivity contribution in [3.63, 3.8) is 0 Å². The number of rotatable bonds is 4. The summed E-state index contributed by atoms with van der Waals surface area (Å²) in [4.78, 5) is 12.8. The number of H-pyrrole nitrogens is 1. The molecule has 0 saturated carbocycles. The first-order valence-corrected chi connectivity index (χ1v) is 8.47. The summed E-state index contributed by atoms with van der Waals surface area (Å²) in [5.41, 5.74) is 8.37. The second kappa shape index (κ2) is 6.78. The van der Waals surface area contributed by atoms with Gasteiger partial charge in [-0.3, -0.25) is 5.10 Å². The van der Waals surface area contributed by atoms with E-state index in [-0.39, 0.29) is 5.95 Å². The average Bonchev–Trinajstić information content (AvgIpc) is 3.10. The molecule has 0 bridgehead atoms. The van der Waals surface area contributed by atoms with Crippen LogP contribution in [0.15, 0.2) is 42.6 Å². The highest BCUT2D eigenvalue weighted by Crippen LogP contribution is 2.26. The molecular weight excluding hydrogens is 373 g/mol. The molecule has 26 heavy (non-hydrogen) atoms. The van der Waals surface area contributed by atoms with E-state index in [1.165, 1.54) is 0 Å². The van der Waals surface area contributed by atoms with Crippen LogP contribution < -0.4 is 11.1 Å². The Kier molecular flexibility index (Phi) is 4.32. The zero-order valence-electron chi connectivity index (χ0n) is 13.4. The van der Waals surface area contributed by atoms with Gasteiger partial charge in [-0.1, -0.05) is 47.5 Å². The number of nitrogens with two attached hydrogens (primary N) is 1. The molecule has 0 saturated heterocycles. The molecule has 0 amide bonds. The van der Waals surface area contributed by atoms with Crippen molar-refractivity contribution in [1.29, 1.82) is 0 Å². The number of halogens is 2. The summed E-state index contributed by atoms with van der Waals surface area (Å²) in [7, 11) is 0. The number of nitrogen functional groups attached to an aromatic ring is 1. The SMILES string of the molecule is Nc1nc(NCc2cccc(Cl)c2Cl)nc(-c2ccc3cn[nH]c3c2)n1. The summed E-state index contributed by atoms with van der Waals surface area (Å²) < 4.78 is 0. The Hall–Kier alpha value is -2.90. The molecule has 9 heteroatoms. The van der Waals surface area contributed by atoms with Crippen molar-refractivity contribution >= 4 is 46.0 Å². The van der Waals surface area contributed by atoms with Crippen molar-refractivity contribution in [3.8, 4) is 11.4 Å². The molecule has 0 fully saturated rings. The van der Waals surface area contributed by atoms with Crippen LogP contribution >= 0.6 is 23.2 Å². The topological polar surface area (TPSA) is 105 Å². The number of nitrogens with zero attached hydrogens (tertiary/aromatic N) is 4. The minimum atomic E-state index is 0.124. The van der Waals surface area contributed by atoms with Gasteiger partial charge >= 0.3 is 0 Å². The largest absolute Gasteiger partial charge is 0.368 e. The molecule has 0 spiro atoms. The predicted molar refractivity (Wildman–Crippen MR) is 103 cm³/mol. The zero-order valence-corrected chi connectivity index (χ0v) is 14.9. The van der Waals surface area contributed by atoms with E-state index in [1.807, 2.05) is 30.3 Å². The Morgan fingerprint density at radius 3 is 2.85 bits per heavy atom. The van der Waals surface area contributed by atoms with E-state index < -0.39 is 0 Å². The minimum Gasteiger partial charge on any atom is -0.368 e. The van der Waals surface area contributed by atoms with E-state index in [2.05, 4.69) is 30.5 Å². The molecule has 0 atom stereocenters. The number of hydrogen-bond acceptors (Lipinski definition) is 6. The first-order valence-electron chi connectivity index (χ1n) is 7.72. The van der Waals surface area contributed by atoms with Crippen LogP contribution in [0.4, 0.5) is 11.9 Å². The molecule has 0 aliphatic rings. The third kappa shape index (κ3) is 3.26. The molecular formula is C17H13Cl2N7. The summed E-state index contributed by atoms with van der Waals surface area (Å²) in [6.07, 6.45) is 1.75. The third-order valence-corrected chi connectivity index (χ3v) is 4.68. The van der Waals surface area contributed by atoms with Crippen molar-refractivity contribution in [3.05, 3.63) is 58.2 Å². The number of benzene rings is 2. The summed E-state index contributed by atoms with van der Waals surface area (Å²) in [5, 5.41) is 12.0. The van der Waals surface area contributed by atoms with E-state index >= 15 is 0 Å². The van der Waals surface area contributed by atoms with Gasteiger partial charge in [-0.2, -0.15) is 20.1 Å². The fourth-order valence-electron chi connectivity index (χ4n) is 2.54. The molecule has 0 aliphatic heterocycles. The van der Waals surface area contributed by atoms with Crippen molar-refractivity contribution in [2.75, 3.05) is 11.1 Å². The number of nitrogens with one attached hydrogen (secondary N) is 2. The van der Waals surface area contributed by atoms with Gasteiger partial charge in [-0.05, 0) is 17.7 Å². The van der Waals surface area contributed by atoms with Crippen LogP contribution in [0.5, 0.6) is 0 Å². The summed E-state index contributed by atoms with van der Waals surface area (Å²) in [6.45, 7) is 0.405. The Morgan fingerprint density at radius 2 is 1.96 bits per heavy atom. The summed E-state index contributed by atoms with van der Waals surface area (Å²) in [6, 6.07) is 11.2.